The fourth-order valence-corrected chi connectivity index (χ4v) is 2.29. The van der Waals surface area contributed by atoms with Gasteiger partial charge in [-0.15, -0.1) is 0 Å². The molecule has 1 fully saturated rings. The summed E-state index contributed by atoms with van der Waals surface area (Å²) < 4.78 is 103. The molecule has 132 valence electrons. The summed E-state index contributed by atoms with van der Waals surface area (Å²) in [6.45, 7) is 0. The van der Waals surface area contributed by atoms with Gasteiger partial charge in [0.15, 0.2) is 5.78 Å². The quantitative estimate of drug-likeness (QED) is 0.793. The van der Waals surface area contributed by atoms with Crippen molar-refractivity contribution in [2.75, 3.05) is 7.05 Å². The molecule has 25 heavy (non-hydrogen) atoms. The Balaban J connectivity index is 2.34. The van der Waals surface area contributed by atoms with Crippen molar-refractivity contribution in [3.05, 3.63) is 71.8 Å². The number of aliphatic hydroxyl groups is 1. The van der Waals surface area contributed by atoms with Crippen LogP contribution in [0.25, 0.3) is 0 Å². The summed E-state index contributed by atoms with van der Waals surface area (Å²) in [5, 5.41) is 10.9. The molecule has 3 heteroatoms. The predicted octanol–water partition coefficient (Wildman–Crippen LogP) is 4.24. The summed E-state index contributed by atoms with van der Waals surface area (Å²) in [6, 6.07) is 6.38. The van der Waals surface area contributed by atoms with Gasteiger partial charge in [0, 0.05) is 40.4 Å². The molecule has 2 aromatic carbocycles. The first-order chi connectivity index (χ1) is 16.7. The Kier molecular flexibility index (Phi) is 2.74. The number of Topliss-reactive ketones (excluding diaryl/α,β-unsaturated/α-hetero) is 1. The van der Waals surface area contributed by atoms with Crippen LogP contribution in [-0.2, 0) is 0 Å². The molecule has 1 N–H and O–H groups in total. The number of rotatable bonds is 6. The zero-order chi connectivity index (χ0) is 28.5. The van der Waals surface area contributed by atoms with Crippen molar-refractivity contribution < 1.29 is 26.4 Å². The number of hydrogen-bond acceptors (Lipinski definition) is 3. The molecule has 0 spiro atoms. The average Bonchev–Trinajstić information content (AvgIpc) is 2.85. The zero-order valence-corrected chi connectivity index (χ0v) is 13.7. The molecular formula is C22H27NO2. The van der Waals surface area contributed by atoms with Gasteiger partial charge in [0.1, 0.15) is 0 Å². The first-order valence-electron chi connectivity index (χ1n) is 13.8. The summed E-state index contributed by atoms with van der Waals surface area (Å²) in [7, 11) is 0.691. The Bertz CT molecular complexity index is 1160. The summed E-state index contributed by atoms with van der Waals surface area (Å²) in [5.41, 5.74) is -0.406. The van der Waals surface area contributed by atoms with Gasteiger partial charge in [0.05, 0.1) is 6.10 Å². The van der Waals surface area contributed by atoms with Crippen LogP contribution >= 0.6 is 0 Å². The van der Waals surface area contributed by atoms with E-state index in [-0.39, 0.29) is 16.0 Å². The molecular weight excluding hydrogens is 310 g/mol. The van der Waals surface area contributed by atoms with Gasteiger partial charge in [-0.3, -0.25) is 9.69 Å². The van der Waals surface area contributed by atoms with Gasteiger partial charge < -0.3 is 5.11 Å². The van der Waals surface area contributed by atoms with Crippen molar-refractivity contribution in [2.45, 2.75) is 50.0 Å². The van der Waals surface area contributed by atoms with Crippen LogP contribution in [0.3, 0.4) is 0 Å². The molecule has 0 amide bonds. The van der Waals surface area contributed by atoms with E-state index >= 15 is 0 Å². The summed E-state index contributed by atoms with van der Waals surface area (Å²) in [5.74, 6) is -1.44. The van der Waals surface area contributed by atoms with Gasteiger partial charge in [0.25, 0.3) is 0 Å². The van der Waals surface area contributed by atoms with E-state index in [0.29, 0.717) is 7.05 Å². The Morgan fingerprint density at radius 2 is 1.80 bits per heavy atom. The number of benzene rings is 2. The lowest BCUT2D eigenvalue weighted by molar-refractivity contribution is 0.0549. The Labute approximate surface area is 167 Å². The number of carbonyl (C=O) groups is 1. The summed E-state index contributed by atoms with van der Waals surface area (Å²) >= 11 is 0. The summed E-state index contributed by atoms with van der Waals surface area (Å²) in [4.78, 5) is 13.4. The normalized spacial score (nSPS) is 42.6. The second-order valence-corrected chi connectivity index (χ2v) is 5.41. The number of piperidine rings is 1. The minimum absolute atomic E-state index is 0.0777. The predicted molar refractivity (Wildman–Crippen MR) is 101 cm³/mol. The largest absolute Gasteiger partial charge is 0.388 e. The van der Waals surface area contributed by atoms with Crippen LogP contribution in [0.15, 0.2) is 60.7 Å². The Hall–Kier alpha value is -1.97. The standard InChI is InChI=1S/C22H27NO2/c1-23-19(15-21(24)17-9-4-2-5-10-17)13-8-14-20(23)16-22(25)18-11-6-3-7-12-18/h2-7,9-12,19-21,24H,8,13-16H2,1H3/t19-,20+,21+/m0/s1/i8D2,13D2,14D2,15D2,16D2,19D,20D. The maximum absolute atomic E-state index is 13.3. The smallest absolute Gasteiger partial charge is 0.164 e. The maximum Gasteiger partial charge on any atom is 0.164 e. The molecule has 1 aliphatic rings. The van der Waals surface area contributed by atoms with Crippen LogP contribution < -0.4 is 0 Å². The van der Waals surface area contributed by atoms with E-state index in [1.807, 2.05) is 0 Å². The lowest BCUT2D eigenvalue weighted by Crippen LogP contribution is -2.45. The molecule has 3 rings (SSSR count). The molecule has 3 nitrogen and oxygen atoms in total. The van der Waals surface area contributed by atoms with Gasteiger partial charge >= 0.3 is 0 Å². The number of hydrogen-bond donors (Lipinski definition) is 1. The number of carbonyl (C=O) groups excluding carboxylic acids is 1. The highest BCUT2D eigenvalue weighted by molar-refractivity contribution is 5.96. The van der Waals surface area contributed by atoms with Crippen LogP contribution in [0, 0.1) is 0 Å². The maximum atomic E-state index is 13.3. The fraction of sp³-hybridized carbons (Fsp3) is 0.409. The van der Waals surface area contributed by atoms with Crippen molar-refractivity contribution in [3.8, 4) is 0 Å². The molecule has 0 bridgehead atoms. The second kappa shape index (κ2) is 8.41. The first-order valence-corrected chi connectivity index (χ1v) is 7.76. The van der Waals surface area contributed by atoms with Crippen molar-refractivity contribution in [2.24, 2.45) is 0 Å². The number of aliphatic hydroxyl groups excluding tert-OH is 1. The molecule has 0 unspecified atom stereocenters. The van der Waals surface area contributed by atoms with E-state index in [1.165, 1.54) is 54.6 Å². The number of likely N-dealkylation sites (tertiary alicyclic amines) is 1. The topological polar surface area (TPSA) is 40.5 Å². The van der Waals surface area contributed by atoms with E-state index in [1.54, 1.807) is 6.07 Å². The second-order valence-electron chi connectivity index (χ2n) is 5.41. The third-order valence-electron chi connectivity index (χ3n) is 3.69. The molecule has 1 saturated heterocycles. The fourth-order valence-electron chi connectivity index (χ4n) is 2.29. The van der Waals surface area contributed by atoms with Gasteiger partial charge in [0.2, 0.25) is 0 Å². The lowest BCUT2D eigenvalue weighted by atomic mass is 9.88. The van der Waals surface area contributed by atoms with Gasteiger partial charge in [-0.1, -0.05) is 67.0 Å². The summed E-state index contributed by atoms with van der Waals surface area (Å²) in [6.07, 6.45) is -20.9. The highest BCUT2D eigenvalue weighted by Gasteiger charge is 2.30. The molecule has 0 aliphatic carbocycles. The van der Waals surface area contributed by atoms with E-state index in [9.17, 15) is 9.90 Å². The number of ketones is 1. The minimum Gasteiger partial charge on any atom is -0.388 e. The van der Waals surface area contributed by atoms with E-state index in [2.05, 4.69) is 0 Å². The van der Waals surface area contributed by atoms with Crippen LogP contribution in [-0.4, -0.2) is 34.9 Å². The van der Waals surface area contributed by atoms with Crippen LogP contribution in [0.4, 0.5) is 0 Å². The molecule has 0 saturated carbocycles. The molecule has 1 heterocycles. The molecule has 0 radical (unpaired) electrons. The molecule has 0 aromatic heterocycles. The van der Waals surface area contributed by atoms with Crippen LogP contribution in [0.1, 0.15) is 70.3 Å². The number of nitrogens with zero attached hydrogens (tertiary/aromatic N) is 1. The van der Waals surface area contributed by atoms with Crippen molar-refractivity contribution in [3.63, 3.8) is 0 Å². The van der Waals surface area contributed by atoms with Crippen molar-refractivity contribution in [1.82, 2.24) is 4.90 Å². The van der Waals surface area contributed by atoms with E-state index in [4.69, 9.17) is 16.4 Å². The van der Waals surface area contributed by atoms with E-state index in [0.717, 1.165) is 0 Å². The highest BCUT2D eigenvalue weighted by Crippen LogP contribution is 2.30. The molecule has 1 aliphatic heterocycles. The third-order valence-corrected chi connectivity index (χ3v) is 3.69. The molecule has 2 aromatic rings. The lowest BCUT2D eigenvalue weighted by Gasteiger charge is -2.40. The van der Waals surface area contributed by atoms with Gasteiger partial charge in [-0.25, -0.2) is 0 Å². The Morgan fingerprint density at radius 1 is 1.20 bits per heavy atom. The molecule has 3 atom stereocenters. The first kappa shape index (κ1) is 8.15. The SMILES string of the molecule is [2H]C1([2H])C([2H])([2H])[C@]([2H])(C([2H])([2H])C(=O)c2ccccc2)N(C)[C@]([2H])(C([2H])([2H])[C@@H](O)c2ccccc2)C1([2H])[2H]. The van der Waals surface area contributed by atoms with Gasteiger partial charge in [-0.2, -0.15) is 0 Å². The van der Waals surface area contributed by atoms with E-state index < -0.39 is 55.8 Å². The van der Waals surface area contributed by atoms with Crippen molar-refractivity contribution in [1.29, 1.82) is 0 Å². The minimum atomic E-state index is -3.90. The monoisotopic (exact) mass is 349 g/mol. The van der Waals surface area contributed by atoms with Crippen molar-refractivity contribution >= 4 is 5.78 Å². The average molecular weight is 350 g/mol. The highest BCUT2D eigenvalue weighted by atomic mass is 16.3. The van der Waals surface area contributed by atoms with Crippen LogP contribution in [0.5, 0.6) is 0 Å². The Morgan fingerprint density at radius 3 is 2.48 bits per heavy atom. The zero-order valence-electron chi connectivity index (χ0n) is 25.7. The van der Waals surface area contributed by atoms with Crippen LogP contribution in [0.2, 0.25) is 0 Å². The third kappa shape index (κ3) is 4.56. The van der Waals surface area contributed by atoms with Gasteiger partial charge in [-0.05, 0) is 31.7 Å².